The Balaban J connectivity index is 1.91. The fraction of sp³-hybridized carbons (Fsp3) is 0.438. The average molecular weight is 284 g/mol. The van der Waals surface area contributed by atoms with Gasteiger partial charge in [0.2, 0.25) is 0 Å². The molecule has 0 bridgehead atoms. The van der Waals surface area contributed by atoms with E-state index in [-0.39, 0.29) is 11.9 Å². The maximum Gasteiger partial charge on any atom is 0.254 e. The third kappa shape index (κ3) is 2.68. The number of benzene rings is 1. The molecule has 1 saturated heterocycles. The van der Waals surface area contributed by atoms with Crippen LogP contribution in [-0.2, 0) is 0 Å². The van der Waals surface area contributed by atoms with Gasteiger partial charge in [-0.1, -0.05) is 17.7 Å². The summed E-state index contributed by atoms with van der Waals surface area (Å²) in [6.07, 6.45) is 4.60. The third-order valence-electron chi connectivity index (χ3n) is 4.13. The Morgan fingerprint density at radius 3 is 2.90 bits per heavy atom. The number of nitrogens with one attached hydrogen (secondary N) is 1. The van der Waals surface area contributed by atoms with Gasteiger partial charge in [0.05, 0.1) is 6.04 Å². The van der Waals surface area contributed by atoms with Gasteiger partial charge in [-0.05, 0) is 44.7 Å². The van der Waals surface area contributed by atoms with Crippen molar-refractivity contribution in [1.29, 1.82) is 0 Å². The molecule has 1 N–H and O–H groups in total. The van der Waals surface area contributed by atoms with Gasteiger partial charge in [-0.3, -0.25) is 9.89 Å². The van der Waals surface area contributed by atoms with Crippen LogP contribution in [0.1, 0.15) is 52.6 Å². The summed E-state index contributed by atoms with van der Waals surface area (Å²) in [6, 6.07) is 5.99. The lowest BCUT2D eigenvalue weighted by molar-refractivity contribution is 0.0599. The number of amides is 1. The summed E-state index contributed by atoms with van der Waals surface area (Å²) < 4.78 is 0. The van der Waals surface area contributed by atoms with Crippen molar-refractivity contribution in [3.05, 3.63) is 47.0 Å². The molecule has 5 nitrogen and oxygen atoms in total. The number of rotatable bonds is 2. The molecule has 21 heavy (non-hydrogen) atoms. The zero-order chi connectivity index (χ0) is 14.8. The molecule has 5 heteroatoms. The molecule has 2 aromatic rings. The van der Waals surface area contributed by atoms with E-state index in [1.165, 1.54) is 11.9 Å². The molecule has 1 aliphatic rings. The Hall–Kier alpha value is -2.17. The summed E-state index contributed by atoms with van der Waals surface area (Å²) in [7, 11) is 0. The van der Waals surface area contributed by atoms with Crippen LogP contribution in [0.25, 0.3) is 0 Å². The molecular formula is C16H20N4O. The number of carbonyl (C=O) groups excluding carboxylic acids is 1. The van der Waals surface area contributed by atoms with Crippen molar-refractivity contribution in [1.82, 2.24) is 20.1 Å². The minimum absolute atomic E-state index is 0.00875. The number of hydrogen-bond acceptors (Lipinski definition) is 3. The Morgan fingerprint density at radius 2 is 2.19 bits per heavy atom. The topological polar surface area (TPSA) is 61.9 Å². The minimum atomic E-state index is 0.00875. The summed E-state index contributed by atoms with van der Waals surface area (Å²) in [5.74, 6) is 0.876. The second-order valence-corrected chi connectivity index (χ2v) is 5.70. The number of likely N-dealkylation sites (tertiary alicyclic amines) is 1. The van der Waals surface area contributed by atoms with Crippen LogP contribution in [0.4, 0.5) is 0 Å². The van der Waals surface area contributed by atoms with Crippen LogP contribution in [0, 0.1) is 13.8 Å². The molecule has 0 aliphatic carbocycles. The first kappa shape index (κ1) is 13.8. The second kappa shape index (κ2) is 5.68. The van der Waals surface area contributed by atoms with Gasteiger partial charge in [0.1, 0.15) is 12.2 Å². The summed E-state index contributed by atoms with van der Waals surface area (Å²) in [6.45, 7) is 4.81. The van der Waals surface area contributed by atoms with Crippen molar-refractivity contribution in [3.8, 4) is 0 Å². The van der Waals surface area contributed by atoms with E-state index < -0.39 is 0 Å². The molecule has 110 valence electrons. The van der Waals surface area contributed by atoms with Crippen LogP contribution in [0.2, 0.25) is 0 Å². The molecule has 1 atom stereocenters. The van der Waals surface area contributed by atoms with Gasteiger partial charge in [0.15, 0.2) is 0 Å². The molecule has 1 aromatic heterocycles. The number of H-pyrrole nitrogens is 1. The highest BCUT2D eigenvalue weighted by Gasteiger charge is 2.30. The molecule has 1 fully saturated rings. The number of aromatic nitrogens is 3. The van der Waals surface area contributed by atoms with Gasteiger partial charge < -0.3 is 4.90 Å². The zero-order valence-electron chi connectivity index (χ0n) is 12.5. The summed E-state index contributed by atoms with van der Waals surface area (Å²) >= 11 is 0. The standard InChI is InChI=1S/C16H20N4O/c1-11-6-7-13(12(2)9-11)16(21)20-8-4-3-5-14(20)15-17-10-18-19-15/h6-7,9-10,14H,3-5,8H2,1-2H3,(H,17,18,19)/t14-/m1/s1. The Morgan fingerprint density at radius 1 is 1.33 bits per heavy atom. The van der Waals surface area contributed by atoms with Gasteiger partial charge in [-0.15, -0.1) is 0 Å². The van der Waals surface area contributed by atoms with E-state index >= 15 is 0 Å². The highest BCUT2D eigenvalue weighted by atomic mass is 16.2. The molecule has 0 radical (unpaired) electrons. The van der Waals surface area contributed by atoms with Crippen LogP contribution in [0.5, 0.6) is 0 Å². The molecule has 3 rings (SSSR count). The molecule has 0 spiro atoms. The van der Waals surface area contributed by atoms with Crippen molar-refractivity contribution in [2.45, 2.75) is 39.2 Å². The molecule has 1 amide bonds. The smallest absolute Gasteiger partial charge is 0.254 e. The van der Waals surface area contributed by atoms with E-state index in [9.17, 15) is 4.79 Å². The van der Waals surface area contributed by atoms with Gasteiger partial charge in [0, 0.05) is 12.1 Å². The maximum atomic E-state index is 12.9. The number of carbonyl (C=O) groups is 1. The van der Waals surface area contributed by atoms with Crippen molar-refractivity contribution in [2.24, 2.45) is 0 Å². The van der Waals surface area contributed by atoms with Crippen LogP contribution >= 0.6 is 0 Å². The van der Waals surface area contributed by atoms with E-state index in [4.69, 9.17) is 0 Å². The number of piperidine rings is 1. The SMILES string of the molecule is Cc1ccc(C(=O)N2CCCC[C@@H]2c2ncn[nH]2)c(C)c1. The van der Waals surface area contributed by atoms with E-state index in [1.807, 2.05) is 30.9 Å². The molecule has 0 unspecified atom stereocenters. The van der Waals surface area contributed by atoms with Crippen molar-refractivity contribution < 1.29 is 4.79 Å². The van der Waals surface area contributed by atoms with Crippen LogP contribution in [0.15, 0.2) is 24.5 Å². The lowest BCUT2D eigenvalue weighted by Gasteiger charge is -2.34. The maximum absolute atomic E-state index is 12.9. The lowest BCUT2D eigenvalue weighted by Crippen LogP contribution is -2.39. The normalized spacial score (nSPS) is 18.8. The Kier molecular flexibility index (Phi) is 3.73. The Labute approximate surface area is 124 Å². The molecule has 0 saturated carbocycles. The lowest BCUT2D eigenvalue weighted by atomic mass is 9.98. The number of nitrogens with zero attached hydrogens (tertiary/aromatic N) is 3. The summed E-state index contributed by atoms with van der Waals surface area (Å²) in [5, 5.41) is 6.83. The van der Waals surface area contributed by atoms with E-state index in [0.29, 0.717) is 0 Å². The first-order chi connectivity index (χ1) is 10.2. The highest BCUT2D eigenvalue weighted by Crippen LogP contribution is 2.30. The van der Waals surface area contributed by atoms with Crippen LogP contribution in [-0.4, -0.2) is 32.5 Å². The fourth-order valence-electron chi connectivity index (χ4n) is 3.04. The molecule has 1 aromatic carbocycles. The molecule has 2 heterocycles. The van der Waals surface area contributed by atoms with E-state index in [1.54, 1.807) is 0 Å². The monoisotopic (exact) mass is 284 g/mol. The number of aryl methyl sites for hydroxylation is 2. The van der Waals surface area contributed by atoms with Gasteiger partial charge >= 0.3 is 0 Å². The fourth-order valence-corrected chi connectivity index (χ4v) is 3.04. The minimum Gasteiger partial charge on any atom is -0.328 e. The number of hydrogen-bond donors (Lipinski definition) is 1. The second-order valence-electron chi connectivity index (χ2n) is 5.70. The van der Waals surface area contributed by atoms with Crippen LogP contribution in [0.3, 0.4) is 0 Å². The third-order valence-corrected chi connectivity index (χ3v) is 4.13. The Bertz CT molecular complexity index is 636. The predicted molar refractivity (Wildman–Crippen MR) is 79.9 cm³/mol. The molecular weight excluding hydrogens is 264 g/mol. The quantitative estimate of drug-likeness (QED) is 0.922. The summed E-state index contributed by atoms with van der Waals surface area (Å²) in [4.78, 5) is 19.1. The van der Waals surface area contributed by atoms with Gasteiger partial charge in [-0.2, -0.15) is 5.10 Å². The van der Waals surface area contributed by atoms with Crippen LogP contribution < -0.4 is 0 Å². The zero-order valence-corrected chi connectivity index (χ0v) is 12.5. The van der Waals surface area contributed by atoms with Crippen molar-refractivity contribution in [3.63, 3.8) is 0 Å². The van der Waals surface area contributed by atoms with E-state index in [2.05, 4.69) is 21.2 Å². The first-order valence-electron chi connectivity index (χ1n) is 7.40. The predicted octanol–water partition coefficient (Wildman–Crippen LogP) is 2.79. The average Bonchev–Trinajstić information content (AvgIpc) is 3.01. The van der Waals surface area contributed by atoms with Gasteiger partial charge in [-0.25, -0.2) is 4.98 Å². The number of aromatic amines is 1. The summed E-state index contributed by atoms with van der Waals surface area (Å²) in [5.41, 5.74) is 2.99. The molecule has 1 aliphatic heterocycles. The van der Waals surface area contributed by atoms with Crippen molar-refractivity contribution >= 4 is 5.91 Å². The first-order valence-corrected chi connectivity index (χ1v) is 7.40. The highest BCUT2D eigenvalue weighted by molar-refractivity contribution is 5.96. The van der Waals surface area contributed by atoms with E-state index in [0.717, 1.165) is 42.8 Å². The van der Waals surface area contributed by atoms with Gasteiger partial charge in [0.25, 0.3) is 5.91 Å². The largest absolute Gasteiger partial charge is 0.328 e. The van der Waals surface area contributed by atoms with Crippen molar-refractivity contribution in [2.75, 3.05) is 6.54 Å².